The average molecular weight is 303 g/mol. The lowest BCUT2D eigenvalue weighted by Gasteiger charge is -2.02. The number of rotatable bonds is 7. The van der Waals surface area contributed by atoms with Crippen LogP contribution >= 0.6 is 11.3 Å². The summed E-state index contributed by atoms with van der Waals surface area (Å²) in [7, 11) is 1.86. The maximum atomic E-state index is 11.7. The molecule has 0 aliphatic heterocycles. The van der Waals surface area contributed by atoms with Gasteiger partial charge in [-0.2, -0.15) is 0 Å². The second kappa shape index (κ2) is 7.90. The van der Waals surface area contributed by atoms with Crippen LogP contribution in [0.2, 0.25) is 0 Å². The summed E-state index contributed by atoms with van der Waals surface area (Å²) >= 11 is 1.58. The number of carbonyl (C=O) groups is 1. The first-order chi connectivity index (χ1) is 10.2. The highest BCUT2D eigenvalue weighted by molar-refractivity contribution is 7.13. The van der Waals surface area contributed by atoms with E-state index in [1.54, 1.807) is 11.3 Å². The lowest BCUT2D eigenvalue weighted by molar-refractivity contribution is -0.120. The number of likely N-dealkylation sites (N-methyl/N-ethyl adjacent to an activating group) is 1. The molecule has 0 aliphatic rings. The smallest absolute Gasteiger partial charge is 0.226 e. The molecule has 4 nitrogen and oxygen atoms in total. The highest BCUT2D eigenvalue weighted by atomic mass is 32.1. The molecule has 0 saturated carbocycles. The van der Waals surface area contributed by atoms with Crippen molar-refractivity contribution in [3.8, 4) is 10.6 Å². The van der Waals surface area contributed by atoms with Gasteiger partial charge in [0.1, 0.15) is 5.01 Å². The summed E-state index contributed by atoms with van der Waals surface area (Å²) in [6.07, 6.45) is 1.38. The van der Waals surface area contributed by atoms with Crippen LogP contribution < -0.4 is 10.6 Å². The normalized spacial score (nSPS) is 10.6. The summed E-state index contributed by atoms with van der Waals surface area (Å²) in [5, 5.41) is 8.78. The molecule has 2 N–H and O–H groups in total. The van der Waals surface area contributed by atoms with Gasteiger partial charge in [0, 0.05) is 24.0 Å². The maximum absolute atomic E-state index is 11.7. The van der Waals surface area contributed by atoms with E-state index < -0.39 is 0 Å². The number of amides is 1. The predicted octanol–water partition coefficient (Wildman–Crippen LogP) is 2.25. The van der Waals surface area contributed by atoms with Crippen LogP contribution in [0.15, 0.2) is 29.6 Å². The number of nitrogens with one attached hydrogen (secondary N) is 2. The summed E-state index contributed by atoms with van der Waals surface area (Å²) in [6, 6.07) is 8.44. The number of benzene rings is 1. The average Bonchev–Trinajstić information content (AvgIpc) is 2.96. The molecular weight excluding hydrogens is 282 g/mol. The Morgan fingerprint density at radius 1 is 1.24 bits per heavy atom. The lowest BCUT2D eigenvalue weighted by Crippen LogP contribution is -2.31. The van der Waals surface area contributed by atoms with E-state index in [0.717, 1.165) is 29.2 Å². The molecule has 0 bridgehead atoms. The van der Waals surface area contributed by atoms with Gasteiger partial charge in [-0.25, -0.2) is 4.98 Å². The van der Waals surface area contributed by atoms with E-state index >= 15 is 0 Å². The van der Waals surface area contributed by atoms with Crippen LogP contribution in [-0.2, 0) is 17.6 Å². The van der Waals surface area contributed by atoms with E-state index in [0.29, 0.717) is 13.0 Å². The van der Waals surface area contributed by atoms with Gasteiger partial charge >= 0.3 is 0 Å². The molecule has 0 fully saturated rings. The topological polar surface area (TPSA) is 54.0 Å². The first kappa shape index (κ1) is 15.7. The Morgan fingerprint density at radius 2 is 2.00 bits per heavy atom. The summed E-state index contributed by atoms with van der Waals surface area (Å²) < 4.78 is 0. The number of aromatic nitrogens is 1. The molecule has 2 aromatic rings. The Kier molecular flexibility index (Phi) is 5.90. The highest BCUT2D eigenvalue weighted by Gasteiger charge is 2.08. The summed E-state index contributed by atoms with van der Waals surface area (Å²) in [5.74, 6) is 0.0171. The SMILES string of the molecule is CCc1ccc(-c2nc(CC(=O)NCCNC)cs2)cc1. The van der Waals surface area contributed by atoms with E-state index in [9.17, 15) is 4.79 Å². The van der Waals surface area contributed by atoms with Gasteiger partial charge in [-0.1, -0.05) is 31.2 Å². The van der Waals surface area contributed by atoms with Crippen molar-refractivity contribution in [1.29, 1.82) is 0 Å². The standard InChI is InChI=1S/C16H21N3OS/c1-3-12-4-6-13(7-5-12)16-19-14(11-21-16)10-15(20)18-9-8-17-2/h4-7,11,17H,3,8-10H2,1-2H3,(H,18,20). The molecule has 1 aromatic carbocycles. The minimum atomic E-state index is 0.0171. The molecule has 1 amide bonds. The molecule has 0 spiro atoms. The minimum Gasteiger partial charge on any atom is -0.354 e. The van der Waals surface area contributed by atoms with Crippen LogP contribution in [-0.4, -0.2) is 31.0 Å². The molecular formula is C16H21N3OS. The van der Waals surface area contributed by atoms with Crippen molar-refractivity contribution in [3.63, 3.8) is 0 Å². The van der Waals surface area contributed by atoms with Gasteiger partial charge in [0.05, 0.1) is 12.1 Å². The molecule has 0 unspecified atom stereocenters. The third-order valence-corrected chi connectivity index (χ3v) is 4.14. The molecule has 0 aliphatic carbocycles. The Bertz CT molecular complexity index is 577. The van der Waals surface area contributed by atoms with E-state index in [2.05, 4.69) is 46.8 Å². The van der Waals surface area contributed by atoms with Crippen LogP contribution in [0, 0.1) is 0 Å². The van der Waals surface area contributed by atoms with Crippen molar-refractivity contribution in [1.82, 2.24) is 15.6 Å². The maximum Gasteiger partial charge on any atom is 0.226 e. The third kappa shape index (κ3) is 4.65. The minimum absolute atomic E-state index is 0.0171. The number of aryl methyl sites for hydroxylation is 1. The van der Waals surface area contributed by atoms with Gasteiger partial charge in [-0.15, -0.1) is 11.3 Å². The zero-order valence-electron chi connectivity index (χ0n) is 12.5. The fourth-order valence-electron chi connectivity index (χ4n) is 1.96. The second-order valence-corrected chi connectivity index (χ2v) is 5.68. The molecule has 1 heterocycles. The van der Waals surface area contributed by atoms with Gasteiger partial charge in [0.15, 0.2) is 0 Å². The number of nitrogens with zero attached hydrogens (tertiary/aromatic N) is 1. The Balaban J connectivity index is 1.95. The Morgan fingerprint density at radius 3 is 2.67 bits per heavy atom. The van der Waals surface area contributed by atoms with Crippen LogP contribution in [0.4, 0.5) is 0 Å². The molecule has 1 aromatic heterocycles. The number of hydrogen-bond acceptors (Lipinski definition) is 4. The second-order valence-electron chi connectivity index (χ2n) is 4.82. The number of thiazole rings is 1. The van der Waals surface area contributed by atoms with Crippen LogP contribution in [0.5, 0.6) is 0 Å². The van der Waals surface area contributed by atoms with E-state index in [1.165, 1.54) is 5.56 Å². The van der Waals surface area contributed by atoms with Crippen molar-refractivity contribution in [2.45, 2.75) is 19.8 Å². The zero-order valence-corrected chi connectivity index (χ0v) is 13.3. The van der Waals surface area contributed by atoms with E-state index in [4.69, 9.17) is 0 Å². The summed E-state index contributed by atoms with van der Waals surface area (Å²) in [4.78, 5) is 16.3. The van der Waals surface area contributed by atoms with Gasteiger partial charge in [-0.05, 0) is 19.0 Å². The first-order valence-corrected chi connectivity index (χ1v) is 8.06. The Hall–Kier alpha value is -1.72. The Labute approximate surface area is 129 Å². The summed E-state index contributed by atoms with van der Waals surface area (Å²) in [6.45, 7) is 3.56. The van der Waals surface area contributed by atoms with E-state index in [1.807, 2.05) is 12.4 Å². The summed E-state index contributed by atoms with van der Waals surface area (Å²) in [5.41, 5.74) is 3.26. The van der Waals surface area contributed by atoms with Crippen molar-refractivity contribution in [2.75, 3.05) is 20.1 Å². The fraction of sp³-hybridized carbons (Fsp3) is 0.375. The largest absolute Gasteiger partial charge is 0.354 e. The van der Waals surface area contributed by atoms with Gasteiger partial charge in [0.25, 0.3) is 0 Å². The fourth-order valence-corrected chi connectivity index (χ4v) is 2.78. The van der Waals surface area contributed by atoms with Gasteiger partial charge < -0.3 is 10.6 Å². The van der Waals surface area contributed by atoms with E-state index in [-0.39, 0.29) is 5.91 Å². The van der Waals surface area contributed by atoms with Gasteiger partial charge in [-0.3, -0.25) is 4.79 Å². The van der Waals surface area contributed by atoms with Crippen LogP contribution in [0.3, 0.4) is 0 Å². The third-order valence-electron chi connectivity index (χ3n) is 3.20. The molecule has 0 radical (unpaired) electrons. The van der Waals surface area contributed by atoms with Gasteiger partial charge in [0.2, 0.25) is 5.91 Å². The molecule has 21 heavy (non-hydrogen) atoms. The monoisotopic (exact) mass is 303 g/mol. The molecule has 0 atom stereocenters. The molecule has 112 valence electrons. The van der Waals surface area contributed by atoms with Crippen molar-refractivity contribution < 1.29 is 4.79 Å². The van der Waals surface area contributed by atoms with Crippen molar-refractivity contribution in [3.05, 3.63) is 40.9 Å². The molecule has 0 saturated heterocycles. The molecule has 5 heteroatoms. The predicted molar refractivity (Wildman–Crippen MR) is 87.6 cm³/mol. The van der Waals surface area contributed by atoms with Crippen LogP contribution in [0.25, 0.3) is 10.6 Å². The van der Waals surface area contributed by atoms with Crippen molar-refractivity contribution >= 4 is 17.2 Å². The number of hydrogen-bond donors (Lipinski definition) is 2. The number of carbonyl (C=O) groups excluding carboxylic acids is 1. The first-order valence-electron chi connectivity index (χ1n) is 7.18. The molecule has 2 rings (SSSR count). The van der Waals surface area contributed by atoms with Crippen molar-refractivity contribution in [2.24, 2.45) is 0 Å². The lowest BCUT2D eigenvalue weighted by atomic mass is 10.1. The quantitative estimate of drug-likeness (QED) is 0.771. The highest BCUT2D eigenvalue weighted by Crippen LogP contribution is 2.24. The van der Waals surface area contributed by atoms with Crippen LogP contribution in [0.1, 0.15) is 18.2 Å². The zero-order chi connectivity index (χ0) is 15.1.